The summed E-state index contributed by atoms with van der Waals surface area (Å²) in [4.78, 5) is 0. The van der Waals surface area contributed by atoms with Gasteiger partial charge in [0.2, 0.25) is 5.89 Å². The van der Waals surface area contributed by atoms with Crippen LogP contribution >= 0.6 is 0 Å². The largest absolute Gasteiger partial charge is 0.408 e. The number of hydrogen-bond donors (Lipinski definition) is 1. The quantitative estimate of drug-likeness (QED) is 0.864. The third-order valence-corrected chi connectivity index (χ3v) is 3.43. The number of halogens is 1. The number of benzene rings is 1. The van der Waals surface area contributed by atoms with E-state index in [4.69, 9.17) is 4.42 Å². The lowest BCUT2D eigenvalue weighted by Crippen LogP contribution is -2.14. The molecule has 0 bridgehead atoms. The minimum absolute atomic E-state index is 0.0112. The maximum Gasteiger partial charge on any atom is 0.315 e. The number of anilines is 1. The van der Waals surface area contributed by atoms with Gasteiger partial charge in [-0.3, -0.25) is 0 Å². The number of sulfone groups is 1. The average Bonchev–Trinajstić information content (AvgIpc) is 2.78. The summed E-state index contributed by atoms with van der Waals surface area (Å²) in [5.74, 6) is 0.0590. The molecule has 0 radical (unpaired) electrons. The van der Waals surface area contributed by atoms with Crippen LogP contribution in [-0.2, 0) is 16.3 Å². The van der Waals surface area contributed by atoms with E-state index >= 15 is 0 Å². The summed E-state index contributed by atoms with van der Waals surface area (Å²) in [7, 11) is -3.03. The van der Waals surface area contributed by atoms with Crippen molar-refractivity contribution in [1.29, 1.82) is 0 Å². The molecular formula is C12H14FN3O3S. The maximum absolute atomic E-state index is 12.8. The molecule has 0 saturated heterocycles. The molecule has 0 amide bonds. The van der Waals surface area contributed by atoms with Crippen LogP contribution in [0.15, 0.2) is 28.7 Å². The molecule has 0 aliphatic heterocycles. The Bertz CT molecular complexity index is 668. The number of rotatable bonds is 6. The molecule has 2 aromatic rings. The SMILES string of the molecule is CS(=O)(=O)CCNc1nnc(Cc2ccc(F)cc2)o1. The summed E-state index contributed by atoms with van der Waals surface area (Å²) < 4.78 is 40.0. The Morgan fingerprint density at radius 2 is 1.95 bits per heavy atom. The highest BCUT2D eigenvalue weighted by atomic mass is 32.2. The Kier molecular flexibility index (Phi) is 4.33. The average molecular weight is 299 g/mol. The fraction of sp³-hybridized carbons (Fsp3) is 0.333. The van der Waals surface area contributed by atoms with E-state index < -0.39 is 9.84 Å². The number of aromatic nitrogens is 2. The minimum Gasteiger partial charge on any atom is -0.408 e. The van der Waals surface area contributed by atoms with E-state index in [2.05, 4.69) is 15.5 Å². The summed E-state index contributed by atoms with van der Waals surface area (Å²) in [5.41, 5.74) is 0.845. The second-order valence-corrected chi connectivity index (χ2v) is 6.62. The first-order chi connectivity index (χ1) is 9.42. The van der Waals surface area contributed by atoms with Crippen LogP contribution in [0.1, 0.15) is 11.5 Å². The zero-order chi connectivity index (χ0) is 14.6. The second-order valence-electron chi connectivity index (χ2n) is 4.36. The molecule has 20 heavy (non-hydrogen) atoms. The van der Waals surface area contributed by atoms with Crippen LogP contribution < -0.4 is 5.32 Å². The first kappa shape index (κ1) is 14.4. The van der Waals surface area contributed by atoms with Crippen LogP contribution in [0.25, 0.3) is 0 Å². The zero-order valence-electron chi connectivity index (χ0n) is 10.8. The van der Waals surface area contributed by atoms with Gasteiger partial charge in [-0.05, 0) is 17.7 Å². The van der Waals surface area contributed by atoms with Crippen molar-refractivity contribution in [2.45, 2.75) is 6.42 Å². The van der Waals surface area contributed by atoms with Gasteiger partial charge in [-0.2, -0.15) is 0 Å². The molecule has 1 aromatic carbocycles. The second kappa shape index (κ2) is 6.00. The standard InChI is InChI=1S/C12H14FN3O3S/c1-20(17,18)7-6-14-12-16-15-11(19-12)8-9-2-4-10(13)5-3-9/h2-5H,6-8H2,1H3,(H,14,16). The Balaban J connectivity index is 1.90. The van der Waals surface area contributed by atoms with E-state index in [0.717, 1.165) is 11.8 Å². The molecule has 6 nitrogen and oxygen atoms in total. The normalized spacial score (nSPS) is 11.5. The van der Waals surface area contributed by atoms with Crippen molar-refractivity contribution in [3.05, 3.63) is 41.5 Å². The lowest BCUT2D eigenvalue weighted by molar-refractivity contribution is 0.517. The zero-order valence-corrected chi connectivity index (χ0v) is 11.7. The van der Waals surface area contributed by atoms with Crippen LogP contribution in [-0.4, -0.2) is 37.2 Å². The Morgan fingerprint density at radius 1 is 1.25 bits per heavy atom. The molecular weight excluding hydrogens is 285 g/mol. The highest BCUT2D eigenvalue weighted by molar-refractivity contribution is 7.90. The first-order valence-electron chi connectivity index (χ1n) is 5.91. The molecule has 1 N–H and O–H groups in total. The Morgan fingerprint density at radius 3 is 2.60 bits per heavy atom. The van der Waals surface area contributed by atoms with Crippen molar-refractivity contribution in [1.82, 2.24) is 10.2 Å². The number of nitrogens with one attached hydrogen (secondary N) is 1. The fourth-order valence-electron chi connectivity index (χ4n) is 1.52. The van der Waals surface area contributed by atoms with Crippen LogP contribution in [0.4, 0.5) is 10.4 Å². The molecule has 8 heteroatoms. The third kappa shape index (κ3) is 4.61. The topological polar surface area (TPSA) is 85.1 Å². The molecule has 0 atom stereocenters. The van der Waals surface area contributed by atoms with E-state index in [-0.39, 0.29) is 24.1 Å². The Labute approximate surface area is 115 Å². The van der Waals surface area contributed by atoms with E-state index in [9.17, 15) is 12.8 Å². The molecule has 0 saturated carbocycles. The summed E-state index contributed by atoms with van der Waals surface area (Å²) in [6, 6.07) is 6.16. The molecule has 0 aliphatic rings. The molecule has 0 unspecified atom stereocenters. The molecule has 1 aromatic heterocycles. The molecule has 108 valence electrons. The van der Waals surface area contributed by atoms with Crippen molar-refractivity contribution in [3.63, 3.8) is 0 Å². The van der Waals surface area contributed by atoms with Crippen LogP contribution in [0.2, 0.25) is 0 Å². The third-order valence-electron chi connectivity index (χ3n) is 2.48. The van der Waals surface area contributed by atoms with Gasteiger partial charge in [0, 0.05) is 12.8 Å². The summed E-state index contributed by atoms with van der Waals surface area (Å²) in [5, 5.41) is 10.3. The summed E-state index contributed by atoms with van der Waals surface area (Å²) in [6.45, 7) is 0.205. The number of hydrogen-bond acceptors (Lipinski definition) is 6. The highest BCUT2D eigenvalue weighted by Crippen LogP contribution is 2.11. The number of nitrogens with zero attached hydrogens (tertiary/aromatic N) is 2. The molecule has 0 spiro atoms. The smallest absolute Gasteiger partial charge is 0.315 e. The minimum atomic E-state index is -3.03. The summed E-state index contributed by atoms with van der Waals surface area (Å²) in [6.07, 6.45) is 1.55. The molecule has 0 aliphatic carbocycles. The maximum atomic E-state index is 12.8. The fourth-order valence-corrected chi connectivity index (χ4v) is 1.99. The van der Waals surface area contributed by atoms with E-state index in [0.29, 0.717) is 12.3 Å². The lowest BCUT2D eigenvalue weighted by Gasteiger charge is -1.99. The van der Waals surface area contributed by atoms with Crippen LogP contribution in [0.5, 0.6) is 0 Å². The van der Waals surface area contributed by atoms with Crippen LogP contribution in [0, 0.1) is 5.82 Å². The van der Waals surface area contributed by atoms with E-state index in [1.807, 2.05) is 0 Å². The molecule has 2 rings (SSSR count). The van der Waals surface area contributed by atoms with Crippen molar-refractivity contribution < 1.29 is 17.2 Å². The van der Waals surface area contributed by atoms with Gasteiger partial charge in [-0.25, -0.2) is 12.8 Å². The first-order valence-corrected chi connectivity index (χ1v) is 7.97. The Hall–Kier alpha value is -1.96. The predicted octanol–water partition coefficient (Wildman–Crippen LogP) is 1.26. The predicted molar refractivity (Wildman–Crippen MR) is 71.7 cm³/mol. The van der Waals surface area contributed by atoms with Gasteiger partial charge in [-0.1, -0.05) is 17.2 Å². The van der Waals surface area contributed by atoms with Crippen molar-refractivity contribution >= 4 is 15.9 Å². The molecule has 1 heterocycles. The molecule has 0 fully saturated rings. The van der Waals surface area contributed by atoms with Gasteiger partial charge in [0.15, 0.2) is 0 Å². The van der Waals surface area contributed by atoms with Crippen LogP contribution in [0.3, 0.4) is 0 Å². The van der Waals surface area contributed by atoms with Gasteiger partial charge in [0.1, 0.15) is 15.7 Å². The lowest BCUT2D eigenvalue weighted by atomic mass is 10.1. The van der Waals surface area contributed by atoms with E-state index in [1.54, 1.807) is 12.1 Å². The van der Waals surface area contributed by atoms with Crippen molar-refractivity contribution in [3.8, 4) is 0 Å². The monoisotopic (exact) mass is 299 g/mol. The van der Waals surface area contributed by atoms with E-state index in [1.165, 1.54) is 12.1 Å². The van der Waals surface area contributed by atoms with Gasteiger partial charge in [-0.15, -0.1) is 5.10 Å². The summed E-state index contributed by atoms with van der Waals surface area (Å²) >= 11 is 0. The van der Waals surface area contributed by atoms with Gasteiger partial charge in [0.05, 0.1) is 12.2 Å². The van der Waals surface area contributed by atoms with Gasteiger partial charge < -0.3 is 9.73 Å². The van der Waals surface area contributed by atoms with Gasteiger partial charge in [0.25, 0.3) is 0 Å². The van der Waals surface area contributed by atoms with Crippen molar-refractivity contribution in [2.75, 3.05) is 23.9 Å². The van der Waals surface area contributed by atoms with Gasteiger partial charge >= 0.3 is 6.01 Å². The van der Waals surface area contributed by atoms with Crippen molar-refractivity contribution in [2.24, 2.45) is 0 Å². The highest BCUT2D eigenvalue weighted by Gasteiger charge is 2.08.